The maximum atomic E-state index is 13.5. The molecule has 2 amide bonds. The van der Waals surface area contributed by atoms with Gasteiger partial charge in [-0.2, -0.15) is 0 Å². The molecule has 2 rings (SSSR count). The number of amides is 2. The van der Waals surface area contributed by atoms with E-state index in [1.165, 1.54) is 4.90 Å². The van der Waals surface area contributed by atoms with Crippen molar-refractivity contribution in [3.05, 3.63) is 29.6 Å². The van der Waals surface area contributed by atoms with Crippen molar-refractivity contribution < 1.29 is 22.8 Å². The Morgan fingerprint density at radius 2 is 2.00 bits per heavy atom. The van der Waals surface area contributed by atoms with Gasteiger partial charge in [-0.1, -0.05) is 0 Å². The zero-order chi connectivity index (χ0) is 16.3. The smallest absolute Gasteiger partial charge is 0.241 e. The largest absolute Gasteiger partial charge is 0.374 e. The second-order valence-corrected chi connectivity index (χ2v) is 5.16. The molecule has 1 aromatic rings. The van der Waals surface area contributed by atoms with Crippen LogP contribution in [0.15, 0.2) is 12.1 Å². The Balaban J connectivity index is 1.95. The van der Waals surface area contributed by atoms with Crippen LogP contribution in [0.5, 0.6) is 0 Å². The number of nitrogens with two attached hydrogens (primary N) is 1. The van der Waals surface area contributed by atoms with Gasteiger partial charge >= 0.3 is 0 Å². The second-order valence-electron chi connectivity index (χ2n) is 5.16. The van der Waals surface area contributed by atoms with Crippen molar-refractivity contribution in [2.75, 3.05) is 25.0 Å². The number of halogens is 3. The number of nitrogens with zero attached hydrogens (tertiary/aromatic N) is 1. The normalized spacial score (nSPS) is 18.1. The van der Waals surface area contributed by atoms with E-state index in [2.05, 4.69) is 5.32 Å². The molecule has 0 aromatic heterocycles. The number of hydrogen-bond donors (Lipinski definition) is 2. The zero-order valence-electron chi connectivity index (χ0n) is 11.7. The Hall–Kier alpha value is -2.25. The van der Waals surface area contributed by atoms with Crippen molar-refractivity contribution in [3.63, 3.8) is 0 Å². The molecule has 120 valence electrons. The molecule has 0 bridgehead atoms. The third kappa shape index (κ3) is 3.49. The first-order valence-corrected chi connectivity index (χ1v) is 6.84. The summed E-state index contributed by atoms with van der Waals surface area (Å²) in [6.07, 6.45) is 1.28. The lowest BCUT2D eigenvalue weighted by atomic mass is 9.97. The molecule has 1 aliphatic heterocycles. The van der Waals surface area contributed by atoms with E-state index in [9.17, 15) is 22.8 Å². The lowest BCUT2D eigenvalue weighted by molar-refractivity contribution is -0.133. The average molecular weight is 315 g/mol. The van der Waals surface area contributed by atoms with Crippen molar-refractivity contribution in [3.8, 4) is 0 Å². The molecular formula is C14H16F3N3O2. The Bertz CT molecular complexity index is 595. The summed E-state index contributed by atoms with van der Waals surface area (Å²) in [7, 11) is 0. The zero-order valence-corrected chi connectivity index (χ0v) is 11.7. The summed E-state index contributed by atoms with van der Waals surface area (Å²) < 4.78 is 39.3. The summed E-state index contributed by atoms with van der Waals surface area (Å²) in [5.41, 5.74) is 4.93. The predicted octanol–water partition coefficient (Wildman–Crippen LogP) is 1.24. The molecule has 1 aliphatic rings. The summed E-state index contributed by atoms with van der Waals surface area (Å²) in [5, 5.41) is 2.43. The van der Waals surface area contributed by atoms with Crippen molar-refractivity contribution >= 4 is 17.5 Å². The molecule has 1 saturated heterocycles. The molecule has 0 spiro atoms. The van der Waals surface area contributed by atoms with Crippen molar-refractivity contribution in [2.24, 2.45) is 11.7 Å². The molecule has 3 N–H and O–H groups in total. The first kappa shape index (κ1) is 16.1. The van der Waals surface area contributed by atoms with Gasteiger partial charge in [0.15, 0.2) is 17.5 Å². The van der Waals surface area contributed by atoms with Crippen LogP contribution in [0.4, 0.5) is 18.9 Å². The summed E-state index contributed by atoms with van der Waals surface area (Å²) in [6, 6.07) is 1.79. The molecule has 1 heterocycles. The average Bonchev–Trinajstić information content (AvgIpc) is 2.51. The fourth-order valence-corrected chi connectivity index (χ4v) is 2.38. The molecule has 0 radical (unpaired) electrons. The number of carbonyl (C=O) groups is 2. The molecule has 5 nitrogen and oxygen atoms in total. The fourth-order valence-electron chi connectivity index (χ4n) is 2.38. The van der Waals surface area contributed by atoms with E-state index in [4.69, 9.17) is 5.73 Å². The number of hydrogen-bond acceptors (Lipinski definition) is 3. The van der Waals surface area contributed by atoms with E-state index in [0.29, 0.717) is 19.4 Å². The monoisotopic (exact) mass is 315 g/mol. The molecule has 1 fully saturated rings. The van der Waals surface area contributed by atoms with Crippen LogP contribution in [-0.4, -0.2) is 36.3 Å². The summed E-state index contributed by atoms with van der Waals surface area (Å²) in [6.45, 7) is 0.411. The quantitative estimate of drug-likeness (QED) is 0.821. The highest BCUT2D eigenvalue weighted by Gasteiger charge is 2.26. The first-order chi connectivity index (χ1) is 10.4. The maximum Gasteiger partial charge on any atom is 0.241 e. The standard InChI is InChI=1S/C14H16F3N3O2/c15-9-3-4-10(13(17)12(9)16)19-6-11(21)20-5-1-2-8(7-20)14(18)22/h3-4,8,19H,1-2,5-7H2,(H2,18,22). The summed E-state index contributed by atoms with van der Waals surface area (Å²) in [5.74, 6) is -5.48. The summed E-state index contributed by atoms with van der Waals surface area (Å²) >= 11 is 0. The summed E-state index contributed by atoms with van der Waals surface area (Å²) in [4.78, 5) is 24.6. The number of likely N-dealkylation sites (tertiary alicyclic amines) is 1. The molecule has 8 heteroatoms. The van der Waals surface area contributed by atoms with E-state index in [1.54, 1.807) is 0 Å². The van der Waals surface area contributed by atoms with Gasteiger partial charge < -0.3 is 16.0 Å². The molecule has 1 aromatic carbocycles. The minimum atomic E-state index is -1.59. The Morgan fingerprint density at radius 3 is 2.68 bits per heavy atom. The Kier molecular flexibility index (Phi) is 4.89. The van der Waals surface area contributed by atoms with Crippen LogP contribution in [-0.2, 0) is 9.59 Å². The molecule has 1 unspecified atom stereocenters. The van der Waals surface area contributed by atoms with Gasteiger partial charge in [0.05, 0.1) is 18.2 Å². The lowest BCUT2D eigenvalue weighted by Gasteiger charge is -2.31. The van der Waals surface area contributed by atoms with Crippen LogP contribution >= 0.6 is 0 Å². The Labute approximate surface area is 125 Å². The van der Waals surface area contributed by atoms with Gasteiger partial charge in [0.2, 0.25) is 11.8 Å². The minimum Gasteiger partial charge on any atom is -0.374 e. The number of carbonyl (C=O) groups excluding carboxylic acids is 2. The highest BCUT2D eigenvalue weighted by molar-refractivity contribution is 5.82. The van der Waals surface area contributed by atoms with Gasteiger partial charge in [-0.3, -0.25) is 9.59 Å². The number of piperidine rings is 1. The van der Waals surface area contributed by atoms with Crippen molar-refractivity contribution in [1.82, 2.24) is 4.90 Å². The number of anilines is 1. The van der Waals surface area contributed by atoms with Crippen LogP contribution in [0.2, 0.25) is 0 Å². The Morgan fingerprint density at radius 1 is 1.27 bits per heavy atom. The van der Waals surface area contributed by atoms with Crippen LogP contribution < -0.4 is 11.1 Å². The van der Waals surface area contributed by atoms with Gasteiger partial charge in [0.1, 0.15) is 0 Å². The van der Waals surface area contributed by atoms with Gasteiger partial charge in [-0.15, -0.1) is 0 Å². The highest BCUT2D eigenvalue weighted by Crippen LogP contribution is 2.20. The lowest BCUT2D eigenvalue weighted by Crippen LogP contribution is -2.46. The van der Waals surface area contributed by atoms with Crippen LogP contribution in [0, 0.1) is 23.4 Å². The van der Waals surface area contributed by atoms with E-state index in [0.717, 1.165) is 12.1 Å². The van der Waals surface area contributed by atoms with Crippen molar-refractivity contribution in [2.45, 2.75) is 12.8 Å². The molecular weight excluding hydrogens is 299 g/mol. The number of rotatable bonds is 4. The third-order valence-corrected chi connectivity index (χ3v) is 3.64. The van der Waals surface area contributed by atoms with E-state index in [-0.39, 0.29) is 24.7 Å². The van der Waals surface area contributed by atoms with Crippen LogP contribution in [0.3, 0.4) is 0 Å². The predicted molar refractivity (Wildman–Crippen MR) is 73.3 cm³/mol. The number of benzene rings is 1. The molecule has 0 aliphatic carbocycles. The number of nitrogens with one attached hydrogen (secondary N) is 1. The third-order valence-electron chi connectivity index (χ3n) is 3.64. The molecule has 1 atom stereocenters. The van der Waals surface area contributed by atoms with E-state index in [1.807, 2.05) is 0 Å². The topological polar surface area (TPSA) is 75.4 Å². The SMILES string of the molecule is NC(=O)C1CCCN(C(=O)CNc2ccc(F)c(F)c2F)C1. The second kappa shape index (κ2) is 6.67. The highest BCUT2D eigenvalue weighted by atomic mass is 19.2. The maximum absolute atomic E-state index is 13.5. The van der Waals surface area contributed by atoms with E-state index >= 15 is 0 Å². The van der Waals surface area contributed by atoms with Crippen molar-refractivity contribution in [1.29, 1.82) is 0 Å². The molecule has 22 heavy (non-hydrogen) atoms. The van der Waals surface area contributed by atoms with E-state index < -0.39 is 29.3 Å². The van der Waals surface area contributed by atoms with Gasteiger partial charge in [0.25, 0.3) is 0 Å². The minimum absolute atomic E-state index is 0.218. The number of primary amides is 1. The van der Waals surface area contributed by atoms with Crippen LogP contribution in [0.1, 0.15) is 12.8 Å². The van der Waals surface area contributed by atoms with Crippen LogP contribution in [0.25, 0.3) is 0 Å². The van der Waals surface area contributed by atoms with Gasteiger partial charge in [-0.25, -0.2) is 13.2 Å². The fraction of sp³-hybridized carbons (Fsp3) is 0.429. The van der Waals surface area contributed by atoms with Gasteiger partial charge in [-0.05, 0) is 25.0 Å². The molecule has 0 saturated carbocycles. The first-order valence-electron chi connectivity index (χ1n) is 6.84. The van der Waals surface area contributed by atoms with Gasteiger partial charge in [0, 0.05) is 13.1 Å².